The van der Waals surface area contributed by atoms with Crippen molar-refractivity contribution in [2.75, 3.05) is 23.0 Å². The molecule has 0 radical (unpaired) electrons. The van der Waals surface area contributed by atoms with Crippen molar-refractivity contribution in [3.63, 3.8) is 0 Å². The fourth-order valence-electron chi connectivity index (χ4n) is 2.55. The molecule has 2 aromatic rings. The second kappa shape index (κ2) is 7.74. The number of halogens is 1. The molecule has 1 unspecified atom stereocenters. The van der Waals surface area contributed by atoms with Crippen LogP contribution in [-0.4, -0.2) is 33.7 Å². The molecule has 0 bridgehead atoms. The van der Waals surface area contributed by atoms with Gasteiger partial charge in [-0.25, -0.2) is 12.8 Å². The molecule has 1 amide bonds. The molecule has 0 aliphatic carbocycles. The Morgan fingerprint density at radius 3 is 2.35 bits per heavy atom. The van der Waals surface area contributed by atoms with Gasteiger partial charge in [0.05, 0.1) is 24.7 Å². The van der Waals surface area contributed by atoms with Crippen LogP contribution in [0.5, 0.6) is 5.75 Å². The SMILES string of the molecule is COc1ccc(C)cc1NC(=O)C(C)N(c1ccc(F)cc1)S(C)(=O)=O. The van der Waals surface area contributed by atoms with Gasteiger partial charge in [0, 0.05) is 0 Å². The van der Waals surface area contributed by atoms with Crippen LogP contribution >= 0.6 is 0 Å². The van der Waals surface area contributed by atoms with E-state index < -0.39 is 27.8 Å². The summed E-state index contributed by atoms with van der Waals surface area (Å²) >= 11 is 0. The van der Waals surface area contributed by atoms with Crippen molar-refractivity contribution in [3.8, 4) is 5.75 Å². The Hall–Kier alpha value is -2.61. The van der Waals surface area contributed by atoms with Crippen LogP contribution in [0.4, 0.5) is 15.8 Å². The first-order valence-electron chi connectivity index (χ1n) is 7.84. The molecular weight excluding hydrogens is 359 g/mol. The Bertz CT molecular complexity index is 898. The zero-order valence-corrected chi connectivity index (χ0v) is 15.8. The second-order valence-electron chi connectivity index (χ2n) is 5.90. The van der Waals surface area contributed by atoms with Crippen LogP contribution < -0.4 is 14.4 Å². The number of benzene rings is 2. The van der Waals surface area contributed by atoms with E-state index in [0.29, 0.717) is 11.4 Å². The van der Waals surface area contributed by atoms with Gasteiger partial charge in [-0.15, -0.1) is 0 Å². The Balaban J connectivity index is 2.34. The quantitative estimate of drug-likeness (QED) is 0.836. The number of carbonyl (C=O) groups is 1. The van der Waals surface area contributed by atoms with Crippen LogP contribution in [0.25, 0.3) is 0 Å². The molecule has 2 aromatic carbocycles. The first-order chi connectivity index (χ1) is 12.1. The number of hydrogen-bond acceptors (Lipinski definition) is 4. The molecule has 0 saturated heterocycles. The van der Waals surface area contributed by atoms with Gasteiger partial charge in [-0.3, -0.25) is 9.10 Å². The molecular formula is C18H21FN2O4S. The minimum absolute atomic E-state index is 0.202. The van der Waals surface area contributed by atoms with Crippen molar-refractivity contribution in [3.05, 3.63) is 53.8 Å². The maximum Gasteiger partial charge on any atom is 0.248 e. The van der Waals surface area contributed by atoms with Crippen LogP contribution in [0.15, 0.2) is 42.5 Å². The first kappa shape index (κ1) is 19.7. The average molecular weight is 380 g/mol. The minimum Gasteiger partial charge on any atom is -0.495 e. The highest BCUT2D eigenvalue weighted by Gasteiger charge is 2.29. The van der Waals surface area contributed by atoms with Crippen LogP contribution in [-0.2, 0) is 14.8 Å². The Kier molecular flexibility index (Phi) is 5.86. The molecule has 0 saturated carbocycles. The van der Waals surface area contributed by atoms with Gasteiger partial charge >= 0.3 is 0 Å². The lowest BCUT2D eigenvalue weighted by atomic mass is 10.2. The third-order valence-electron chi connectivity index (χ3n) is 3.78. The summed E-state index contributed by atoms with van der Waals surface area (Å²) in [7, 11) is -2.30. The zero-order valence-electron chi connectivity index (χ0n) is 15.0. The maximum atomic E-state index is 13.2. The monoisotopic (exact) mass is 380 g/mol. The maximum absolute atomic E-state index is 13.2. The predicted molar refractivity (Wildman–Crippen MR) is 99.5 cm³/mol. The van der Waals surface area contributed by atoms with Crippen molar-refractivity contribution >= 4 is 27.3 Å². The van der Waals surface area contributed by atoms with Crippen molar-refractivity contribution in [1.82, 2.24) is 0 Å². The van der Waals surface area contributed by atoms with Gasteiger partial charge in [-0.1, -0.05) is 6.07 Å². The number of anilines is 2. The molecule has 1 N–H and O–H groups in total. The van der Waals surface area contributed by atoms with E-state index in [4.69, 9.17) is 4.74 Å². The number of sulfonamides is 1. The Labute approximate surface area is 152 Å². The lowest BCUT2D eigenvalue weighted by molar-refractivity contribution is -0.116. The van der Waals surface area contributed by atoms with E-state index in [1.54, 1.807) is 12.1 Å². The molecule has 0 heterocycles. The molecule has 0 aliphatic heterocycles. The molecule has 0 aromatic heterocycles. The fourth-order valence-corrected chi connectivity index (χ4v) is 3.73. The van der Waals surface area contributed by atoms with Crippen LogP contribution in [0, 0.1) is 12.7 Å². The van der Waals surface area contributed by atoms with E-state index >= 15 is 0 Å². The number of amides is 1. The third-order valence-corrected chi connectivity index (χ3v) is 5.02. The largest absolute Gasteiger partial charge is 0.495 e. The fraction of sp³-hybridized carbons (Fsp3) is 0.278. The predicted octanol–water partition coefficient (Wildman–Crippen LogP) is 2.94. The number of nitrogens with zero attached hydrogens (tertiary/aromatic N) is 1. The minimum atomic E-state index is -3.77. The summed E-state index contributed by atoms with van der Waals surface area (Å²) in [6.45, 7) is 3.32. The van der Waals surface area contributed by atoms with Crippen molar-refractivity contribution in [1.29, 1.82) is 0 Å². The standard InChI is InChI=1S/C18H21FN2O4S/c1-12-5-10-17(25-3)16(11-12)20-18(22)13(2)21(26(4,23)24)15-8-6-14(19)7-9-15/h5-11,13H,1-4H3,(H,20,22). The summed E-state index contributed by atoms with van der Waals surface area (Å²) in [5.74, 6) is -0.573. The van der Waals surface area contributed by atoms with Crippen molar-refractivity contribution < 1.29 is 22.3 Å². The van der Waals surface area contributed by atoms with Gasteiger partial charge in [0.15, 0.2) is 0 Å². The Morgan fingerprint density at radius 1 is 1.19 bits per heavy atom. The smallest absolute Gasteiger partial charge is 0.248 e. The summed E-state index contributed by atoms with van der Waals surface area (Å²) in [5.41, 5.74) is 1.55. The topological polar surface area (TPSA) is 75.7 Å². The van der Waals surface area contributed by atoms with Gasteiger partial charge in [0.25, 0.3) is 0 Å². The molecule has 0 aliphatic rings. The van der Waals surface area contributed by atoms with Gasteiger partial charge in [-0.2, -0.15) is 0 Å². The highest BCUT2D eigenvalue weighted by molar-refractivity contribution is 7.92. The number of carbonyl (C=O) groups excluding carboxylic acids is 1. The van der Waals surface area contributed by atoms with E-state index in [0.717, 1.165) is 28.3 Å². The molecule has 8 heteroatoms. The number of nitrogens with one attached hydrogen (secondary N) is 1. The van der Waals surface area contributed by atoms with Gasteiger partial charge in [0.2, 0.25) is 15.9 Å². The summed E-state index contributed by atoms with van der Waals surface area (Å²) in [6.07, 6.45) is 0.993. The van der Waals surface area contributed by atoms with Crippen LogP contribution in [0.2, 0.25) is 0 Å². The normalized spacial score (nSPS) is 12.3. The first-order valence-corrected chi connectivity index (χ1v) is 9.69. The molecule has 2 rings (SSSR count). The second-order valence-corrected chi connectivity index (χ2v) is 7.76. The molecule has 0 fully saturated rings. The van der Waals surface area contributed by atoms with E-state index in [1.807, 2.05) is 13.0 Å². The van der Waals surface area contributed by atoms with Crippen molar-refractivity contribution in [2.45, 2.75) is 19.9 Å². The van der Waals surface area contributed by atoms with E-state index in [2.05, 4.69) is 5.32 Å². The van der Waals surface area contributed by atoms with E-state index in [-0.39, 0.29) is 5.69 Å². The van der Waals surface area contributed by atoms with Gasteiger partial charge in [-0.05, 0) is 55.8 Å². The highest BCUT2D eigenvalue weighted by atomic mass is 32.2. The number of methoxy groups -OCH3 is 1. The van der Waals surface area contributed by atoms with E-state index in [1.165, 1.54) is 26.2 Å². The van der Waals surface area contributed by atoms with Gasteiger partial charge < -0.3 is 10.1 Å². The van der Waals surface area contributed by atoms with E-state index in [9.17, 15) is 17.6 Å². The van der Waals surface area contributed by atoms with Gasteiger partial charge in [0.1, 0.15) is 17.6 Å². The molecule has 1 atom stereocenters. The number of ether oxygens (including phenoxy) is 1. The molecule has 0 spiro atoms. The summed E-state index contributed by atoms with van der Waals surface area (Å²) in [4.78, 5) is 12.7. The lowest BCUT2D eigenvalue weighted by Crippen LogP contribution is -2.45. The molecule has 6 nitrogen and oxygen atoms in total. The Morgan fingerprint density at radius 2 is 1.81 bits per heavy atom. The van der Waals surface area contributed by atoms with Crippen LogP contribution in [0.1, 0.15) is 12.5 Å². The summed E-state index contributed by atoms with van der Waals surface area (Å²) in [5, 5.41) is 2.69. The summed E-state index contributed by atoms with van der Waals surface area (Å²) < 4.78 is 43.8. The molecule has 140 valence electrons. The van der Waals surface area contributed by atoms with Crippen molar-refractivity contribution in [2.24, 2.45) is 0 Å². The zero-order chi connectivity index (χ0) is 19.5. The number of rotatable bonds is 6. The average Bonchev–Trinajstić information content (AvgIpc) is 2.55. The number of aryl methyl sites for hydroxylation is 1. The molecule has 26 heavy (non-hydrogen) atoms. The summed E-state index contributed by atoms with van der Waals surface area (Å²) in [6, 6.07) is 9.13. The third kappa shape index (κ3) is 4.51. The lowest BCUT2D eigenvalue weighted by Gasteiger charge is -2.28. The number of hydrogen-bond donors (Lipinski definition) is 1. The van der Waals surface area contributed by atoms with Crippen LogP contribution in [0.3, 0.4) is 0 Å². The highest BCUT2D eigenvalue weighted by Crippen LogP contribution is 2.27.